The Morgan fingerprint density at radius 3 is 2.54 bits per heavy atom. The van der Waals surface area contributed by atoms with Gasteiger partial charge in [0.1, 0.15) is 0 Å². The Kier molecular flexibility index (Phi) is 7.31. The fourth-order valence-electron chi connectivity index (χ4n) is 5.35. The summed E-state index contributed by atoms with van der Waals surface area (Å²) in [6.45, 7) is 6.73. The minimum atomic E-state index is -0.174. The second-order valence-electron chi connectivity index (χ2n) is 10.2. The first-order valence-corrected chi connectivity index (χ1v) is 12.5. The smallest absolute Gasteiger partial charge is 0.253 e. The maximum absolute atomic E-state index is 13.5. The molecule has 1 aromatic heterocycles. The topological polar surface area (TPSA) is 107 Å². The number of hydrogen-bond donors (Lipinski definition) is 3. The Hall–Kier alpha value is -3.13. The number of aromatic nitrogens is 1. The van der Waals surface area contributed by atoms with E-state index in [9.17, 15) is 9.59 Å². The Bertz CT molecular complexity index is 1180. The third-order valence-corrected chi connectivity index (χ3v) is 7.57. The van der Waals surface area contributed by atoms with E-state index in [1.807, 2.05) is 51.2 Å². The van der Waals surface area contributed by atoms with Crippen LogP contribution in [-0.4, -0.2) is 54.8 Å². The Balaban J connectivity index is 1.64. The highest BCUT2D eigenvalue weighted by molar-refractivity contribution is 5.97. The fraction of sp³-hybridized carbons (Fsp3) is 0.519. The van der Waals surface area contributed by atoms with Crippen LogP contribution in [0.4, 0.5) is 5.69 Å². The highest BCUT2D eigenvalue weighted by Gasteiger charge is 2.27. The molecule has 188 valence electrons. The molecule has 0 radical (unpaired) electrons. The van der Waals surface area contributed by atoms with E-state index in [1.165, 1.54) is 0 Å². The standard InChI is InChI=1S/C27H38N6O2/c1-16-10-17(2)31-27(35)24(16)14-29-26(34)23-11-19(20-13-30-32(4)15-20)12-25(18(23)3)33(5)22-8-6-21(28)7-9-22/h10-13,20-22H,6-9,14-15,28H2,1-5H3,(H,29,34)(H,31,35). The van der Waals surface area contributed by atoms with Crippen molar-refractivity contribution in [1.82, 2.24) is 15.3 Å². The number of benzene rings is 1. The summed E-state index contributed by atoms with van der Waals surface area (Å²) in [6, 6.07) is 6.81. The lowest BCUT2D eigenvalue weighted by Crippen LogP contribution is -2.39. The predicted octanol–water partition coefficient (Wildman–Crippen LogP) is 2.95. The molecule has 4 N–H and O–H groups in total. The van der Waals surface area contributed by atoms with Crippen LogP contribution in [-0.2, 0) is 6.54 Å². The van der Waals surface area contributed by atoms with Crippen LogP contribution in [0.1, 0.15) is 69.9 Å². The molecule has 8 nitrogen and oxygen atoms in total. The molecule has 0 saturated heterocycles. The number of carbonyl (C=O) groups excluding carboxylic acids is 1. The van der Waals surface area contributed by atoms with E-state index >= 15 is 0 Å². The van der Waals surface area contributed by atoms with E-state index in [-0.39, 0.29) is 30.0 Å². The van der Waals surface area contributed by atoms with Crippen LogP contribution in [0.3, 0.4) is 0 Å². The van der Waals surface area contributed by atoms with Gasteiger partial charge in [0.05, 0.1) is 0 Å². The van der Waals surface area contributed by atoms with Gasteiger partial charge in [-0.25, -0.2) is 0 Å². The van der Waals surface area contributed by atoms with Gasteiger partial charge in [0.25, 0.3) is 11.5 Å². The summed E-state index contributed by atoms with van der Waals surface area (Å²) in [4.78, 5) is 31.0. The maximum Gasteiger partial charge on any atom is 0.253 e. The van der Waals surface area contributed by atoms with Crippen LogP contribution < -0.4 is 21.5 Å². The first kappa shape index (κ1) is 25.0. The fourth-order valence-corrected chi connectivity index (χ4v) is 5.35. The Morgan fingerprint density at radius 1 is 1.20 bits per heavy atom. The number of anilines is 1. The summed E-state index contributed by atoms with van der Waals surface area (Å²) < 4.78 is 0. The first-order valence-electron chi connectivity index (χ1n) is 12.5. The third-order valence-electron chi connectivity index (χ3n) is 7.57. The quantitative estimate of drug-likeness (QED) is 0.592. The van der Waals surface area contributed by atoms with Crippen molar-refractivity contribution >= 4 is 17.8 Å². The van der Waals surface area contributed by atoms with Crippen LogP contribution in [0.2, 0.25) is 0 Å². The molecule has 1 aromatic carbocycles. The van der Waals surface area contributed by atoms with Crippen LogP contribution in [0.15, 0.2) is 28.1 Å². The van der Waals surface area contributed by atoms with E-state index < -0.39 is 0 Å². The Morgan fingerprint density at radius 2 is 1.91 bits per heavy atom. The van der Waals surface area contributed by atoms with E-state index in [0.29, 0.717) is 17.2 Å². The number of nitrogens with one attached hydrogen (secondary N) is 2. The van der Waals surface area contributed by atoms with Gasteiger partial charge in [-0.05, 0) is 81.3 Å². The first-order chi connectivity index (χ1) is 16.6. The summed E-state index contributed by atoms with van der Waals surface area (Å²) in [6.07, 6.45) is 6.08. The van der Waals surface area contributed by atoms with Gasteiger partial charge in [0, 0.05) is 73.9 Å². The number of rotatable bonds is 6. The molecular formula is C27H38N6O2. The number of carbonyl (C=O) groups is 1. The minimum absolute atomic E-state index is 0.126. The van der Waals surface area contributed by atoms with E-state index in [2.05, 4.69) is 33.4 Å². The molecule has 1 aliphatic heterocycles. The van der Waals surface area contributed by atoms with Gasteiger partial charge in [-0.2, -0.15) is 5.10 Å². The number of hydrogen-bond acceptors (Lipinski definition) is 6. The number of likely N-dealkylation sites (N-methyl/N-ethyl adjacent to an activating group) is 1. The zero-order chi connectivity index (χ0) is 25.3. The number of nitrogens with zero attached hydrogens (tertiary/aromatic N) is 3. The SMILES string of the molecule is Cc1cc(C)c(CNC(=O)c2cc(C3C=NN(C)C3)cc(N(C)C3CCC(N)CC3)c2C)c(=O)[nH]1. The van der Waals surface area contributed by atoms with Gasteiger partial charge < -0.3 is 20.9 Å². The van der Waals surface area contributed by atoms with Crippen molar-refractivity contribution in [2.75, 3.05) is 25.5 Å². The average molecular weight is 479 g/mol. The van der Waals surface area contributed by atoms with Gasteiger partial charge in [0.2, 0.25) is 0 Å². The summed E-state index contributed by atoms with van der Waals surface area (Å²) in [7, 11) is 4.08. The lowest BCUT2D eigenvalue weighted by atomic mass is 9.89. The largest absolute Gasteiger partial charge is 0.371 e. The number of aryl methyl sites for hydroxylation is 2. The van der Waals surface area contributed by atoms with Gasteiger partial charge in [-0.15, -0.1) is 0 Å². The van der Waals surface area contributed by atoms with Crippen molar-refractivity contribution < 1.29 is 4.79 Å². The van der Waals surface area contributed by atoms with Crippen molar-refractivity contribution in [3.8, 4) is 0 Å². The lowest BCUT2D eigenvalue weighted by Gasteiger charge is -2.36. The molecule has 2 aliphatic rings. The molecule has 4 rings (SSSR count). The number of aromatic amines is 1. The summed E-state index contributed by atoms with van der Waals surface area (Å²) >= 11 is 0. The summed E-state index contributed by atoms with van der Waals surface area (Å²) in [5, 5.41) is 9.32. The average Bonchev–Trinajstić information content (AvgIpc) is 3.24. The molecule has 1 saturated carbocycles. The van der Waals surface area contributed by atoms with E-state index in [1.54, 1.807) is 0 Å². The highest BCUT2D eigenvalue weighted by atomic mass is 16.1. The van der Waals surface area contributed by atoms with Crippen molar-refractivity contribution in [2.24, 2.45) is 10.8 Å². The molecule has 2 heterocycles. The van der Waals surface area contributed by atoms with E-state index in [0.717, 1.165) is 60.3 Å². The van der Waals surface area contributed by atoms with Crippen LogP contribution in [0.25, 0.3) is 0 Å². The number of amides is 1. The molecule has 35 heavy (non-hydrogen) atoms. The van der Waals surface area contributed by atoms with Crippen molar-refractivity contribution in [1.29, 1.82) is 0 Å². The third kappa shape index (κ3) is 5.42. The molecule has 0 spiro atoms. The lowest BCUT2D eigenvalue weighted by molar-refractivity contribution is 0.0950. The van der Waals surface area contributed by atoms with Gasteiger partial charge >= 0.3 is 0 Å². The van der Waals surface area contributed by atoms with Crippen LogP contribution in [0.5, 0.6) is 0 Å². The molecule has 8 heteroatoms. The van der Waals surface area contributed by atoms with Gasteiger partial charge in [-0.3, -0.25) is 14.6 Å². The normalized spacial score (nSPS) is 21.9. The van der Waals surface area contributed by atoms with Gasteiger partial charge in [-0.1, -0.05) is 0 Å². The zero-order valence-corrected chi connectivity index (χ0v) is 21.5. The molecule has 2 aromatic rings. The second-order valence-corrected chi connectivity index (χ2v) is 10.2. The number of pyridine rings is 1. The summed E-state index contributed by atoms with van der Waals surface area (Å²) in [5.41, 5.74) is 12.0. The maximum atomic E-state index is 13.5. The minimum Gasteiger partial charge on any atom is -0.371 e. The van der Waals surface area contributed by atoms with Crippen LogP contribution in [0, 0.1) is 20.8 Å². The molecular weight excluding hydrogens is 440 g/mol. The number of hydrazone groups is 1. The van der Waals surface area contributed by atoms with Gasteiger partial charge in [0.15, 0.2) is 0 Å². The van der Waals surface area contributed by atoms with Crippen molar-refractivity contribution in [3.63, 3.8) is 0 Å². The molecule has 1 aliphatic carbocycles. The number of H-pyrrole nitrogens is 1. The molecule has 1 amide bonds. The molecule has 1 atom stereocenters. The van der Waals surface area contributed by atoms with Crippen LogP contribution >= 0.6 is 0 Å². The molecule has 1 unspecified atom stereocenters. The number of nitrogens with two attached hydrogens (primary N) is 1. The van der Waals surface area contributed by atoms with Crippen molar-refractivity contribution in [2.45, 2.75) is 71.0 Å². The van der Waals surface area contributed by atoms with E-state index in [4.69, 9.17) is 5.73 Å². The Labute approximate surface area is 207 Å². The highest BCUT2D eigenvalue weighted by Crippen LogP contribution is 2.33. The molecule has 1 fully saturated rings. The second kappa shape index (κ2) is 10.2. The molecule has 0 bridgehead atoms. The predicted molar refractivity (Wildman–Crippen MR) is 141 cm³/mol. The summed E-state index contributed by atoms with van der Waals surface area (Å²) in [5.74, 6) is -0.0476. The monoisotopic (exact) mass is 478 g/mol. The zero-order valence-electron chi connectivity index (χ0n) is 21.5. The van der Waals surface area contributed by atoms with Crippen molar-refractivity contribution in [3.05, 3.63) is 62.1 Å².